The number of amides is 2. The molecule has 148 valence electrons. The molecule has 3 aliphatic rings. The van der Waals surface area contributed by atoms with Crippen LogP contribution in [-0.2, 0) is 16.0 Å². The van der Waals surface area contributed by atoms with Gasteiger partial charge in [0.05, 0.1) is 18.8 Å². The first-order chi connectivity index (χ1) is 13.1. The topological polar surface area (TPSA) is 66.2 Å². The van der Waals surface area contributed by atoms with Gasteiger partial charge in [0, 0.05) is 45.1 Å². The van der Waals surface area contributed by atoms with Crippen LogP contribution in [0.4, 0.5) is 0 Å². The largest absolute Gasteiger partial charge is 0.456 e. The highest BCUT2D eigenvalue weighted by atomic mass is 16.5. The van der Waals surface area contributed by atoms with Gasteiger partial charge in [0.2, 0.25) is 5.91 Å². The van der Waals surface area contributed by atoms with E-state index in [0.717, 1.165) is 31.9 Å². The summed E-state index contributed by atoms with van der Waals surface area (Å²) in [7, 11) is 2.11. The number of rotatable bonds is 3. The lowest BCUT2D eigenvalue weighted by Crippen LogP contribution is -2.48. The molecule has 7 nitrogen and oxygen atoms in total. The number of aryl methyl sites for hydroxylation is 1. The minimum absolute atomic E-state index is 0.00214. The highest BCUT2D eigenvalue weighted by Crippen LogP contribution is 2.27. The van der Waals surface area contributed by atoms with Crippen LogP contribution in [0.25, 0.3) is 0 Å². The summed E-state index contributed by atoms with van der Waals surface area (Å²) in [5.74, 6) is 1.39. The average Bonchev–Trinajstić information content (AvgIpc) is 3.35. The zero-order chi connectivity index (χ0) is 19.0. The van der Waals surface area contributed by atoms with Gasteiger partial charge in [-0.25, -0.2) is 0 Å². The standard InChI is InChI=1S/C20H29N3O4/c1-3-15-4-5-17(27-15)20(25)22-8-6-14(7-9-22)19(24)23-12-16-18(13-23)26-11-10-21(16)2/h4-5,14,16,18H,3,6-13H2,1-2H3/t16-,18+/m0/s1. The van der Waals surface area contributed by atoms with Gasteiger partial charge in [-0.3, -0.25) is 14.5 Å². The molecule has 0 aromatic carbocycles. The molecule has 7 heteroatoms. The lowest BCUT2D eigenvalue weighted by atomic mass is 9.95. The number of hydrogen-bond acceptors (Lipinski definition) is 5. The van der Waals surface area contributed by atoms with Gasteiger partial charge in [0.25, 0.3) is 5.91 Å². The summed E-state index contributed by atoms with van der Waals surface area (Å²) in [5, 5.41) is 0. The molecule has 0 saturated carbocycles. The molecule has 0 spiro atoms. The van der Waals surface area contributed by atoms with E-state index in [1.807, 2.05) is 22.8 Å². The number of carbonyl (C=O) groups is 2. The van der Waals surface area contributed by atoms with E-state index in [1.165, 1.54) is 0 Å². The molecule has 0 aliphatic carbocycles. The van der Waals surface area contributed by atoms with Crippen LogP contribution in [0.15, 0.2) is 16.5 Å². The SMILES string of the molecule is CCc1ccc(C(=O)N2CCC(C(=O)N3C[C@H]4OCCN(C)[C@H]4C3)CC2)o1. The Hall–Kier alpha value is -1.86. The van der Waals surface area contributed by atoms with Crippen molar-refractivity contribution in [1.82, 2.24) is 14.7 Å². The van der Waals surface area contributed by atoms with Gasteiger partial charge in [-0.2, -0.15) is 0 Å². The zero-order valence-electron chi connectivity index (χ0n) is 16.2. The Morgan fingerprint density at radius 1 is 1.11 bits per heavy atom. The van der Waals surface area contributed by atoms with Crippen molar-refractivity contribution in [2.24, 2.45) is 5.92 Å². The van der Waals surface area contributed by atoms with Crippen LogP contribution in [-0.4, -0.2) is 85.0 Å². The summed E-state index contributed by atoms with van der Waals surface area (Å²) in [6, 6.07) is 3.92. The third kappa shape index (κ3) is 3.62. The molecular weight excluding hydrogens is 346 g/mol. The molecule has 0 unspecified atom stereocenters. The number of morpholine rings is 1. The van der Waals surface area contributed by atoms with Gasteiger partial charge in [0.15, 0.2) is 5.76 Å². The quantitative estimate of drug-likeness (QED) is 0.795. The number of furan rings is 1. The second kappa shape index (κ2) is 7.64. The van der Waals surface area contributed by atoms with Crippen LogP contribution in [0.1, 0.15) is 36.1 Å². The Morgan fingerprint density at radius 3 is 2.56 bits per heavy atom. The van der Waals surface area contributed by atoms with Gasteiger partial charge in [-0.05, 0) is 32.0 Å². The van der Waals surface area contributed by atoms with Gasteiger partial charge in [0.1, 0.15) is 5.76 Å². The predicted octanol–water partition coefficient (Wildman–Crippen LogP) is 1.24. The Morgan fingerprint density at radius 2 is 1.89 bits per heavy atom. The molecule has 0 radical (unpaired) electrons. The van der Waals surface area contributed by atoms with E-state index >= 15 is 0 Å². The molecule has 3 saturated heterocycles. The van der Waals surface area contributed by atoms with Gasteiger partial charge >= 0.3 is 0 Å². The normalized spacial score (nSPS) is 27.0. The predicted molar refractivity (Wildman–Crippen MR) is 99.5 cm³/mol. The third-order valence-corrected chi connectivity index (χ3v) is 6.24. The van der Waals surface area contributed by atoms with Crippen molar-refractivity contribution in [2.75, 3.05) is 46.4 Å². The van der Waals surface area contributed by atoms with Crippen molar-refractivity contribution >= 4 is 11.8 Å². The summed E-state index contributed by atoms with van der Waals surface area (Å²) < 4.78 is 11.4. The van der Waals surface area contributed by atoms with Crippen molar-refractivity contribution in [3.8, 4) is 0 Å². The second-order valence-corrected chi connectivity index (χ2v) is 7.89. The summed E-state index contributed by atoms with van der Waals surface area (Å²) in [6.45, 7) is 6.33. The number of likely N-dealkylation sites (tertiary alicyclic amines) is 2. The molecule has 2 atom stereocenters. The first-order valence-electron chi connectivity index (χ1n) is 10.1. The molecule has 3 aliphatic heterocycles. The van der Waals surface area contributed by atoms with Crippen LogP contribution in [0.2, 0.25) is 0 Å². The Bertz CT molecular complexity index is 695. The third-order valence-electron chi connectivity index (χ3n) is 6.24. The van der Waals surface area contributed by atoms with E-state index < -0.39 is 0 Å². The average molecular weight is 375 g/mol. The number of nitrogens with zero attached hydrogens (tertiary/aromatic N) is 3. The fourth-order valence-electron chi connectivity index (χ4n) is 4.46. The summed E-state index contributed by atoms with van der Waals surface area (Å²) in [5.41, 5.74) is 0. The number of hydrogen-bond donors (Lipinski definition) is 0. The molecule has 1 aromatic heterocycles. The molecule has 0 N–H and O–H groups in total. The fraction of sp³-hybridized carbons (Fsp3) is 0.700. The van der Waals surface area contributed by atoms with E-state index in [0.29, 0.717) is 44.3 Å². The second-order valence-electron chi connectivity index (χ2n) is 7.89. The van der Waals surface area contributed by atoms with Crippen LogP contribution in [0, 0.1) is 5.92 Å². The number of carbonyl (C=O) groups excluding carboxylic acids is 2. The summed E-state index contributed by atoms with van der Waals surface area (Å²) >= 11 is 0. The Kier molecular flexibility index (Phi) is 5.23. The minimum Gasteiger partial charge on any atom is -0.456 e. The number of fused-ring (bicyclic) bond motifs is 1. The van der Waals surface area contributed by atoms with E-state index in [2.05, 4.69) is 11.9 Å². The Labute approximate surface area is 160 Å². The van der Waals surface area contributed by atoms with E-state index in [4.69, 9.17) is 9.15 Å². The minimum atomic E-state index is -0.0668. The molecule has 3 fully saturated rings. The smallest absolute Gasteiger partial charge is 0.289 e. The number of piperidine rings is 1. The van der Waals surface area contributed by atoms with E-state index in [9.17, 15) is 9.59 Å². The Balaban J connectivity index is 1.31. The van der Waals surface area contributed by atoms with Crippen LogP contribution in [0.3, 0.4) is 0 Å². The molecule has 2 amide bonds. The highest BCUT2D eigenvalue weighted by molar-refractivity contribution is 5.91. The number of ether oxygens (including phenoxy) is 1. The molecule has 4 rings (SSSR count). The van der Waals surface area contributed by atoms with Gasteiger partial charge < -0.3 is 19.0 Å². The van der Waals surface area contributed by atoms with E-state index in [-0.39, 0.29) is 23.8 Å². The van der Waals surface area contributed by atoms with Crippen LogP contribution in [0.5, 0.6) is 0 Å². The molecule has 0 bridgehead atoms. The maximum absolute atomic E-state index is 13.0. The zero-order valence-corrected chi connectivity index (χ0v) is 16.2. The van der Waals surface area contributed by atoms with Gasteiger partial charge in [-0.15, -0.1) is 0 Å². The summed E-state index contributed by atoms with van der Waals surface area (Å²) in [6.07, 6.45) is 2.35. The molecule has 1 aromatic rings. The molecular formula is C20H29N3O4. The van der Waals surface area contributed by atoms with Crippen molar-refractivity contribution < 1.29 is 18.7 Å². The molecule has 27 heavy (non-hydrogen) atoms. The summed E-state index contributed by atoms with van der Waals surface area (Å²) in [4.78, 5) is 31.6. The maximum Gasteiger partial charge on any atom is 0.289 e. The van der Waals surface area contributed by atoms with E-state index in [1.54, 1.807) is 6.07 Å². The first-order valence-corrected chi connectivity index (χ1v) is 10.1. The molecule has 4 heterocycles. The van der Waals surface area contributed by atoms with Crippen LogP contribution >= 0.6 is 0 Å². The van der Waals surface area contributed by atoms with Crippen LogP contribution < -0.4 is 0 Å². The highest BCUT2D eigenvalue weighted by Gasteiger charge is 2.42. The fourth-order valence-corrected chi connectivity index (χ4v) is 4.46. The van der Waals surface area contributed by atoms with Crippen molar-refractivity contribution in [3.63, 3.8) is 0 Å². The first kappa shape index (κ1) is 18.5. The monoisotopic (exact) mass is 375 g/mol. The van der Waals surface area contributed by atoms with Gasteiger partial charge in [-0.1, -0.05) is 6.92 Å². The van der Waals surface area contributed by atoms with Crippen molar-refractivity contribution in [3.05, 3.63) is 23.7 Å². The van der Waals surface area contributed by atoms with Crippen molar-refractivity contribution in [2.45, 2.75) is 38.3 Å². The maximum atomic E-state index is 13.0. The lowest BCUT2D eigenvalue weighted by Gasteiger charge is -2.33. The lowest BCUT2D eigenvalue weighted by molar-refractivity contribution is -0.136. The number of likely N-dealkylation sites (N-methyl/N-ethyl adjacent to an activating group) is 1. The van der Waals surface area contributed by atoms with Crippen molar-refractivity contribution in [1.29, 1.82) is 0 Å².